The van der Waals surface area contributed by atoms with Gasteiger partial charge in [0.1, 0.15) is 16.1 Å². The number of thiophene rings is 1. The molecule has 7 heteroatoms. The van der Waals surface area contributed by atoms with Gasteiger partial charge in [0.2, 0.25) is 0 Å². The number of aromatic nitrogens is 2. The zero-order valence-electron chi connectivity index (χ0n) is 14.1. The van der Waals surface area contributed by atoms with Gasteiger partial charge in [0.15, 0.2) is 5.11 Å². The highest BCUT2D eigenvalue weighted by Crippen LogP contribution is 2.34. The van der Waals surface area contributed by atoms with E-state index in [4.69, 9.17) is 26.6 Å². The Morgan fingerprint density at radius 3 is 2.70 bits per heavy atom. The molecule has 27 heavy (non-hydrogen) atoms. The Hall–Kier alpha value is -3.03. The maximum absolute atomic E-state index is 5.38. The fraction of sp³-hybridized carbons (Fsp3) is 0.0500. The summed E-state index contributed by atoms with van der Waals surface area (Å²) in [7, 11) is 0. The number of anilines is 1. The van der Waals surface area contributed by atoms with Crippen LogP contribution >= 0.6 is 23.6 Å². The minimum Gasteiger partial charge on any atom is -0.467 e. The molecule has 0 radical (unpaired) electrons. The van der Waals surface area contributed by atoms with Crippen LogP contribution in [0.4, 0.5) is 5.69 Å². The van der Waals surface area contributed by atoms with Crippen LogP contribution in [0.2, 0.25) is 0 Å². The highest BCUT2D eigenvalue weighted by Gasteiger charge is 2.10. The Bertz CT molecular complexity index is 1280. The third-order valence-electron chi connectivity index (χ3n) is 4.24. The molecule has 2 aromatic carbocycles. The molecule has 5 aromatic rings. The Balaban J connectivity index is 1.46. The fourth-order valence-corrected chi connectivity index (χ4v) is 4.17. The summed E-state index contributed by atoms with van der Waals surface area (Å²) in [6.07, 6.45) is 1.65. The zero-order valence-corrected chi connectivity index (χ0v) is 15.7. The molecule has 3 aromatic heterocycles. The van der Waals surface area contributed by atoms with E-state index < -0.39 is 0 Å². The van der Waals surface area contributed by atoms with E-state index in [1.165, 1.54) is 0 Å². The monoisotopic (exact) mass is 390 g/mol. The van der Waals surface area contributed by atoms with Gasteiger partial charge in [-0.05, 0) is 54.7 Å². The molecule has 132 valence electrons. The molecule has 5 rings (SSSR count). The molecule has 0 aliphatic carbocycles. The van der Waals surface area contributed by atoms with Crippen molar-refractivity contribution < 1.29 is 4.42 Å². The van der Waals surface area contributed by atoms with E-state index in [2.05, 4.69) is 22.8 Å². The zero-order chi connectivity index (χ0) is 18.2. The molecule has 0 saturated carbocycles. The predicted octanol–water partition coefficient (Wildman–Crippen LogP) is 5.08. The van der Waals surface area contributed by atoms with Crippen molar-refractivity contribution in [3.8, 4) is 0 Å². The lowest BCUT2D eigenvalue weighted by Gasteiger charge is -2.09. The minimum absolute atomic E-state index is 0.542. The van der Waals surface area contributed by atoms with E-state index in [1.54, 1.807) is 17.6 Å². The van der Waals surface area contributed by atoms with Crippen LogP contribution in [-0.2, 0) is 6.54 Å². The lowest BCUT2D eigenvalue weighted by molar-refractivity contribution is 0.503. The number of thiocarbonyl (C=S) groups is 1. The summed E-state index contributed by atoms with van der Waals surface area (Å²) in [5, 5.41) is 7.98. The van der Waals surface area contributed by atoms with Gasteiger partial charge in [-0.25, -0.2) is 9.97 Å². The van der Waals surface area contributed by atoms with Crippen molar-refractivity contribution in [1.29, 1.82) is 0 Å². The van der Waals surface area contributed by atoms with Crippen molar-refractivity contribution in [2.75, 3.05) is 5.32 Å². The number of para-hydroxylation sites is 2. The Kier molecular flexibility index (Phi) is 3.95. The number of furan rings is 1. The predicted molar refractivity (Wildman–Crippen MR) is 114 cm³/mol. The molecule has 0 aliphatic rings. The summed E-state index contributed by atoms with van der Waals surface area (Å²) in [5.41, 5.74) is 3.65. The number of nitrogens with one attached hydrogen (secondary N) is 2. The van der Waals surface area contributed by atoms with Gasteiger partial charge in [-0.2, -0.15) is 0 Å². The average Bonchev–Trinajstić information content (AvgIpc) is 3.32. The fourth-order valence-electron chi connectivity index (χ4n) is 2.97. The van der Waals surface area contributed by atoms with E-state index >= 15 is 0 Å². The van der Waals surface area contributed by atoms with Crippen LogP contribution in [-0.4, -0.2) is 15.1 Å². The molecule has 3 heterocycles. The molecule has 0 unspecified atom stereocenters. The number of fused-ring (bicyclic) bond motifs is 4. The number of hydrogen-bond donors (Lipinski definition) is 2. The first-order chi connectivity index (χ1) is 13.3. The highest BCUT2D eigenvalue weighted by atomic mass is 32.1. The van der Waals surface area contributed by atoms with Crippen LogP contribution in [0, 0.1) is 0 Å². The van der Waals surface area contributed by atoms with Crippen LogP contribution in [0.3, 0.4) is 0 Å². The van der Waals surface area contributed by atoms with Gasteiger partial charge in [0.25, 0.3) is 0 Å². The van der Waals surface area contributed by atoms with Crippen LogP contribution in [0.25, 0.3) is 31.5 Å². The summed E-state index contributed by atoms with van der Waals surface area (Å²) in [4.78, 5) is 10.5. The number of hydrogen-bond acceptors (Lipinski definition) is 5. The average molecular weight is 390 g/mol. The Labute approximate surface area is 164 Å². The first-order valence-electron chi connectivity index (χ1n) is 8.42. The highest BCUT2D eigenvalue weighted by molar-refractivity contribution is 7.80. The van der Waals surface area contributed by atoms with Crippen LogP contribution in [0.1, 0.15) is 5.76 Å². The van der Waals surface area contributed by atoms with Gasteiger partial charge in [0, 0.05) is 15.8 Å². The van der Waals surface area contributed by atoms with E-state index in [0.717, 1.165) is 42.9 Å². The Morgan fingerprint density at radius 1 is 1.04 bits per heavy atom. The van der Waals surface area contributed by atoms with Gasteiger partial charge >= 0.3 is 0 Å². The molecule has 5 nitrogen and oxygen atoms in total. The Morgan fingerprint density at radius 2 is 1.89 bits per heavy atom. The quantitative estimate of drug-likeness (QED) is 0.419. The van der Waals surface area contributed by atoms with Gasteiger partial charge in [-0.15, -0.1) is 11.3 Å². The van der Waals surface area contributed by atoms with Crippen molar-refractivity contribution in [2.45, 2.75) is 6.54 Å². The lowest BCUT2D eigenvalue weighted by Crippen LogP contribution is -2.27. The molecule has 0 saturated heterocycles. The van der Waals surface area contributed by atoms with Gasteiger partial charge in [-0.3, -0.25) is 0 Å². The molecule has 0 bridgehead atoms. The van der Waals surface area contributed by atoms with E-state index in [-0.39, 0.29) is 0 Å². The first kappa shape index (κ1) is 16.2. The van der Waals surface area contributed by atoms with Crippen molar-refractivity contribution in [3.05, 3.63) is 66.6 Å². The van der Waals surface area contributed by atoms with Crippen molar-refractivity contribution >= 4 is 65.8 Å². The van der Waals surface area contributed by atoms with Crippen molar-refractivity contribution in [3.63, 3.8) is 0 Å². The largest absolute Gasteiger partial charge is 0.467 e. The molecule has 0 aliphatic heterocycles. The summed E-state index contributed by atoms with van der Waals surface area (Å²) in [6, 6.07) is 17.9. The SMILES string of the molecule is S=C(NCc1ccco1)Nc1ccc2sc3nc4ccccc4nc3c2c1. The maximum atomic E-state index is 5.38. The summed E-state index contributed by atoms with van der Waals surface area (Å²) < 4.78 is 6.45. The molecular weight excluding hydrogens is 376 g/mol. The molecule has 2 N–H and O–H groups in total. The van der Waals surface area contributed by atoms with Gasteiger partial charge in [-0.1, -0.05) is 12.1 Å². The molecule has 0 atom stereocenters. The lowest BCUT2D eigenvalue weighted by atomic mass is 10.2. The number of rotatable bonds is 3. The molecular formula is C20H14N4OS2. The molecule has 0 fully saturated rings. The summed E-state index contributed by atoms with van der Waals surface area (Å²) >= 11 is 7.03. The summed E-state index contributed by atoms with van der Waals surface area (Å²) in [5.74, 6) is 0.834. The van der Waals surface area contributed by atoms with E-state index in [1.807, 2.05) is 42.5 Å². The normalized spacial score (nSPS) is 11.3. The smallest absolute Gasteiger partial charge is 0.171 e. The first-order valence-corrected chi connectivity index (χ1v) is 9.65. The number of benzene rings is 2. The standard InChI is InChI=1S/C20H14N4OS2/c26-20(21-11-13-4-3-9-25-13)22-12-7-8-17-14(10-12)18-19(27-17)24-16-6-2-1-5-15(16)23-18/h1-10H,11H2,(H2,21,22,26). The van der Waals surface area contributed by atoms with Crippen LogP contribution in [0.15, 0.2) is 65.3 Å². The third-order valence-corrected chi connectivity index (χ3v) is 5.54. The molecule has 0 spiro atoms. The van der Waals surface area contributed by atoms with E-state index in [0.29, 0.717) is 11.7 Å². The molecule has 0 amide bonds. The minimum atomic E-state index is 0.542. The maximum Gasteiger partial charge on any atom is 0.171 e. The third kappa shape index (κ3) is 3.11. The van der Waals surface area contributed by atoms with Crippen LogP contribution in [0.5, 0.6) is 0 Å². The number of nitrogens with zero attached hydrogens (tertiary/aromatic N) is 2. The summed E-state index contributed by atoms with van der Waals surface area (Å²) in [6.45, 7) is 0.542. The van der Waals surface area contributed by atoms with E-state index in [9.17, 15) is 0 Å². The second-order valence-corrected chi connectivity index (χ2v) is 7.51. The van der Waals surface area contributed by atoms with Gasteiger partial charge < -0.3 is 15.1 Å². The second-order valence-electron chi connectivity index (χ2n) is 6.07. The van der Waals surface area contributed by atoms with Gasteiger partial charge in [0.05, 0.1) is 23.8 Å². The topological polar surface area (TPSA) is 63.0 Å². The van der Waals surface area contributed by atoms with Crippen LogP contribution < -0.4 is 10.6 Å². The van der Waals surface area contributed by atoms with Crippen molar-refractivity contribution in [2.24, 2.45) is 0 Å². The second kappa shape index (κ2) is 6.61. The van der Waals surface area contributed by atoms with Crippen molar-refractivity contribution in [1.82, 2.24) is 15.3 Å².